The predicted molar refractivity (Wildman–Crippen MR) is 61.5 cm³/mol. The second kappa shape index (κ2) is 5.56. The molecule has 4 N–H and O–H groups in total. The molecular weight excluding hydrogens is 262 g/mol. The van der Waals surface area contributed by atoms with Gasteiger partial charge in [0.05, 0.1) is 16.9 Å². The fraction of sp³-hybridized carbons (Fsp3) is 0.222. The van der Waals surface area contributed by atoms with E-state index in [0.717, 1.165) is 6.20 Å². The molecule has 0 spiro atoms. The molecule has 0 aliphatic rings. The number of primary sulfonamides is 1. The zero-order chi connectivity index (χ0) is 13.8. The van der Waals surface area contributed by atoms with Crippen LogP contribution in [0.2, 0.25) is 0 Å². The van der Waals surface area contributed by atoms with Gasteiger partial charge in [0, 0.05) is 18.9 Å². The van der Waals surface area contributed by atoms with Gasteiger partial charge in [0.25, 0.3) is 5.91 Å². The van der Waals surface area contributed by atoms with Crippen molar-refractivity contribution in [2.45, 2.75) is 0 Å². The van der Waals surface area contributed by atoms with Crippen LogP contribution in [0.15, 0.2) is 18.5 Å². The van der Waals surface area contributed by atoms with Gasteiger partial charge in [-0.05, 0) is 6.07 Å². The van der Waals surface area contributed by atoms with Crippen molar-refractivity contribution in [3.05, 3.63) is 29.6 Å². The van der Waals surface area contributed by atoms with Gasteiger partial charge in [0.2, 0.25) is 10.0 Å². The Hall–Kier alpha value is -2.00. The van der Waals surface area contributed by atoms with E-state index in [0.29, 0.717) is 0 Å². The number of hydrogen-bond acceptors (Lipinski definition) is 5. The number of rotatable bonds is 5. The first-order chi connectivity index (χ1) is 8.31. The first-order valence-electron chi connectivity index (χ1n) is 4.77. The van der Waals surface area contributed by atoms with Crippen LogP contribution in [0.4, 0.5) is 0 Å². The zero-order valence-electron chi connectivity index (χ0n) is 9.16. The second-order valence-electron chi connectivity index (χ2n) is 3.35. The van der Waals surface area contributed by atoms with Gasteiger partial charge < -0.3 is 10.4 Å². The molecule has 9 heteroatoms. The Bertz CT molecular complexity index is 569. The lowest BCUT2D eigenvalue weighted by Crippen LogP contribution is -2.32. The van der Waals surface area contributed by atoms with Crippen LogP contribution in [0, 0.1) is 0 Å². The lowest BCUT2D eigenvalue weighted by Gasteiger charge is -2.06. The normalized spacial score (nSPS) is 10.9. The quantitative estimate of drug-likeness (QED) is 0.615. The summed E-state index contributed by atoms with van der Waals surface area (Å²) in [4.78, 5) is 26.0. The van der Waals surface area contributed by atoms with Crippen molar-refractivity contribution in [3.63, 3.8) is 0 Å². The van der Waals surface area contributed by atoms with Crippen molar-refractivity contribution in [2.75, 3.05) is 12.3 Å². The van der Waals surface area contributed by atoms with Crippen LogP contribution in [0.1, 0.15) is 20.7 Å². The van der Waals surface area contributed by atoms with E-state index in [1.54, 1.807) is 0 Å². The van der Waals surface area contributed by atoms with Crippen LogP contribution < -0.4 is 10.5 Å². The van der Waals surface area contributed by atoms with Crippen molar-refractivity contribution in [3.8, 4) is 0 Å². The van der Waals surface area contributed by atoms with E-state index in [4.69, 9.17) is 10.2 Å². The van der Waals surface area contributed by atoms with Crippen molar-refractivity contribution < 1.29 is 23.1 Å². The second-order valence-corrected chi connectivity index (χ2v) is 5.08. The number of carbonyl (C=O) groups excluding carboxylic acids is 1. The molecule has 1 heterocycles. The van der Waals surface area contributed by atoms with Gasteiger partial charge in [0.1, 0.15) is 0 Å². The number of nitrogens with zero attached hydrogens (tertiary/aromatic N) is 1. The monoisotopic (exact) mass is 273 g/mol. The molecule has 0 unspecified atom stereocenters. The Labute approximate surface area is 103 Å². The summed E-state index contributed by atoms with van der Waals surface area (Å²) in [6.07, 6.45) is 2.30. The number of nitrogens with two attached hydrogens (primary N) is 1. The van der Waals surface area contributed by atoms with Crippen molar-refractivity contribution >= 4 is 21.9 Å². The van der Waals surface area contributed by atoms with Crippen LogP contribution in [0.5, 0.6) is 0 Å². The van der Waals surface area contributed by atoms with Gasteiger partial charge in [-0.1, -0.05) is 0 Å². The molecule has 0 saturated heterocycles. The molecule has 0 saturated carbocycles. The van der Waals surface area contributed by atoms with Crippen molar-refractivity contribution in [2.24, 2.45) is 5.14 Å². The van der Waals surface area contributed by atoms with Crippen LogP contribution in [0.3, 0.4) is 0 Å². The van der Waals surface area contributed by atoms with Crippen LogP contribution in [-0.2, 0) is 10.0 Å². The maximum Gasteiger partial charge on any atom is 0.338 e. The highest BCUT2D eigenvalue weighted by atomic mass is 32.2. The lowest BCUT2D eigenvalue weighted by atomic mass is 10.1. The molecule has 0 radical (unpaired) electrons. The van der Waals surface area contributed by atoms with Crippen molar-refractivity contribution in [1.82, 2.24) is 10.3 Å². The summed E-state index contributed by atoms with van der Waals surface area (Å²) >= 11 is 0. The summed E-state index contributed by atoms with van der Waals surface area (Å²) in [5.74, 6) is -2.41. The Kier molecular flexibility index (Phi) is 4.34. The zero-order valence-corrected chi connectivity index (χ0v) is 9.98. The number of aromatic nitrogens is 1. The molecule has 0 bridgehead atoms. The summed E-state index contributed by atoms with van der Waals surface area (Å²) in [6.45, 7) is -0.195. The Balaban J connectivity index is 2.76. The number of hydrogen-bond donors (Lipinski definition) is 3. The molecule has 0 fully saturated rings. The Morgan fingerprint density at radius 1 is 1.39 bits per heavy atom. The number of aromatic carboxylic acids is 1. The topological polar surface area (TPSA) is 139 Å². The van der Waals surface area contributed by atoms with E-state index in [1.807, 2.05) is 0 Å². The number of pyridine rings is 1. The van der Waals surface area contributed by atoms with Gasteiger partial charge >= 0.3 is 5.97 Å². The largest absolute Gasteiger partial charge is 0.478 e. The molecule has 18 heavy (non-hydrogen) atoms. The Morgan fingerprint density at radius 3 is 2.61 bits per heavy atom. The van der Waals surface area contributed by atoms with Gasteiger partial charge in [-0.2, -0.15) is 0 Å². The molecule has 0 aromatic carbocycles. The van der Waals surface area contributed by atoms with E-state index in [2.05, 4.69) is 10.3 Å². The van der Waals surface area contributed by atoms with Gasteiger partial charge in [0.15, 0.2) is 0 Å². The summed E-state index contributed by atoms with van der Waals surface area (Å²) < 4.78 is 21.3. The molecule has 0 aliphatic carbocycles. The molecular formula is C9H11N3O5S. The van der Waals surface area contributed by atoms with E-state index in [1.165, 1.54) is 12.3 Å². The minimum absolute atomic E-state index is 0.0908. The average molecular weight is 273 g/mol. The minimum atomic E-state index is -3.67. The number of carboxylic acids is 1. The third kappa shape index (κ3) is 4.11. The van der Waals surface area contributed by atoms with Crippen LogP contribution >= 0.6 is 0 Å². The smallest absolute Gasteiger partial charge is 0.338 e. The molecule has 1 rings (SSSR count). The average Bonchev–Trinajstić information content (AvgIpc) is 2.27. The number of amides is 1. The molecule has 1 aromatic heterocycles. The molecule has 1 amide bonds. The summed E-state index contributed by atoms with van der Waals surface area (Å²) in [5, 5.41) is 15.9. The van der Waals surface area contributed by atoms with E-state index in [-0.39, 0.29) is 17.7 Å². The van der Waals surface area contributed by atoms with E-state index < -0.39 is 27.7 Å². The molecule has 0 atom stereocenters. The van der Waals surface area contributed by atoms with Gasteiger partial charge in [-0.3, -0.25) is 9.78 Å². The van der Waals surface area contributed by atoms with E-state index in [9.17, 15) is 18.0 Å². The molecule has 8 nitrogen and oxygen atoms in total. The van der Waals surface area contributed by atoms with E-state index >= 15 is 0 Å². The van der Waals surface area contributed by atoms with Crippen LogP contribution in [0.25, 0.3) is 0 Å². The lowest BCUT2D eigenvalue weighted by molar-refractivity contribution is 0.0690. The summed E-state index contributed by atoms with van der Waals surface area (Å²) in [5.41, 5.74) is -0.350. The standard InChI is InChI=1S/C9H11N3O5S/c10-18(16,17)4-3-12-8(13)6-1-2-11-5-7(6)9(14)15/h1-2,5H,3-4H2,(H,12,13)(H,14,15)(H2,10,16,17). The molecule has 0 aliphatic heterocycles. The number of nitrogens with one attached hydrogen (secondary N) is 1. The van der Waals surface area contributed by atoms with Crippen LogP contribution in [-0.4, -0.2) is 42.7 Å². The maximum atomic E-state index is 11.6. The molecule has 1 aromatic rings. The first kappa shape index (κ1) is 14.1. The minimum Gasteiger partial charge on any atom is -0.478 e. The van der Waals surface area contributed by atoms with Gasteiger partial charge in [-0.25, -0.2) is 18.4 Å². The predicted octanol–water partition coefficient (Wildman–Crippen LogP) is -1.20. The summed E-state index contributed by atoms with van der Waals surface area (Å²) in [7, 11) is -3.67. The summed E-state index contributed by atoms with van der Waals surface area (Å²) in [6, 6.07) is 1.23. The Morgan fingerprint density at radius 2 is 2.06 bits per heavy atom. The third-order valence-electron chi connectivity index (χ3n) is 1.97. The van der Waals surface area contributed by atoms with Gasteiger partial charge in [-0.15, -0.1) is 0 Å². The fourth-order valence-electron chi connectivity index (χ4n) is 1.16. The number of sulfonamides is 1. The highest BCUT2D eigenvalue weighted by Gasteiger charge is 2.16. The number of carboxylic acid groups (broad SMARTS) is 1. The maximum absolute atomic E-state index is 11.6. The SMILES string of the molecule is NS(=O)(=O)CCNC(=O)c1ccncc1C(=O)O. The molecule has 98 valence electrons. The third-order valence-corrected chi connectivity index (χ3v) is 2.74. The highest BCUT2D eigenvalue weighted by Crippen LogP contribution is 2.06. The first-order valence-corrected chi connectivity index (χ1v) is 6.49. The fourth-order valence-corrected chi connectivity index (χ4v) is 1.55. The number of carbonyl (C=O) groups is 2. The van der Waals surface area contributed by atoms with Crippen molar-refractivity contribution in [1.29, 1.82) is 0 Å². The highest BCUT2D eigenvalue weighted by molar-refractivity contribution is 7.89.